The summed E-state index contributed by atoms with van der Waals surface area (Å²) in [4.78, 5) is 4.70. The molecule has 0 bridgehead atoms. The number of nitrogen functional groups attached to an aromatic ring is 1. The van der Waals surface area contributed by atoms with Crippen LogP contribution in [0.4, 0.5) is 5.82 Å². The summed E-state index contributed by atoms with van der Waals surface area (Å²) in [6.45, 7) is 6.36. The fraction of sp³-hybridized carbons (Fsp3) is 0.400. The van der Waals surface area contributed by atoms with Crippen molar-refractivity contribution < 1.29 is 0 Å². The van der Waals surface area contributed by atoms with E-state index in [-0.39, 0.29) is 0 Å². The first-order valence-corrected chi connectivity index (χ1v) is 6.43. The van der Waals surface area contributed by atoms with Gasteiger partial charge in [-0.25, -0.2) is 4.98 Å². The van der Waals surface area contributed by atoms with Gasteiger partial charge in [-0.15, -0.1) is 0 Å². The Bertz CT molecular complexity index is 567. The van der Waals surface area contributed by atoms with E-state index in [9.17, 15) is 0 Å². The molecule has 2 N–H and O–H groups in total. The highest BCUT2D eigenvalue weighted by molar-refractivity contribution is 5.73. The van der Waals surface area contributed by atoms with Crippen LogP contribution in [0.3, 0.4) is 0 Å². The molecule has 1 aromatic carbocycles. The molecule has 1 aromatic heterocycles. The summed E-state index contributed by atoms with van der Waals surface area (Å²) in [6.07, 6.45) is 2.04. The smallest absolute Gasteiger partial charge is 0.131 e. The number of aromatic nitrogens is 2. The molecule has 0 amide bonds. The predicted molar refractivity (Wildman–Crippen MR) is 76.5 cm³/mol. The van der Waals surface area contributed by atoms with E-state index in [0.717, 1.165) is 35.7 Å². The molecule has 0 aliphatic heterocycles. The second kappa shape index (κ2) is 4.84. The summed E-state index contributed by atoms with van der Waals surface area (Å²) in [5.74, 6) is 1.82. The van der Waals surface area contributed by atoms with E-state index in [4.69, 9.17) is 10.7 Å². The Labute approximate surface area is 109 Å². The van der Waals surface area contributed by atoms with Gasteiger partial charge in [0.05, 0.1) is 0 Å². The molecule has 2 rings (SSSR count). The van der Waals surface area contributed by atoms with Gasteiger partial charge in [0.25, 0.3) is 0 Å². The summed E-state index contributed by atoms with van der Waals surface area (Å²) in [6, 6.07) is 6.39. The van der Waals surface area contributed by atoms with E-state index in [0.29, 0.717) is 0 Å². The molecule has 0 aliphatic rings. The van der Waals surface area contributed by atoms with Crippen molar-refractivity contribution in [1.82, 2.24) is 9.55 Å². The van der Waals surface area contributed by atoms with Crippen LogP contribution in [0.2, 0.25) is 0 Å². The maximum atomic E-state index is 6.17. The number of rotatable bonds is 3. The molecule has 3 heteroatoms. The zero-order valence-electron chi connectivity index (χ0n) is 11.6. The van der Waals surface area contributed by atoms with Gasteiger partial charge in [-0.2, -0.15) is 0 Å². The van der Waals surface area contributed by atoms with E-state index in [1.807, 2.05) is 11.6 Å². The molecule has 0 saturated heterocycles. The van der Waals surface area contributed by atoms with E-state index in [1.54, 1.807) is 0 Å². The van der Waals surface area contributed by atoms with Gasteiger partial charge in [-0.1, -0.05) is 30.7 Å². The van der Waals surface area contributed by atoms with Crippen LogP contribution in [0.15, 0.2) is 18.2 Å². The Morgan fingerprint density at radius 3 is 2.61 bits per heavy atom. The lowest BCUT2D eigenvalue weighted by molar-refractivity contribution is 0.764. The first kappa shape index (κ1) is 12.7. The molecular formula is C15H21N3. The van der Waals surface area contributed by atoms with Crippen molar-refractivity contribution in [3.8, 4) is 11.3 Å². The molecule has 18 heavy (non-hydrogen) atoms. The van der Waals surface area contributed by atoms with E-state index < -0.39 is 0 Å². The predicted octanol–water partition coefficient (Wildman–Crippen LogP) is 3.24. The first-order chi connectivity index (χ1) is 8.54. The lowest BCUT2D eigenvalue weighted by Crippen LogP contribution is -2.01. The standard InChI is InChI=1S/C15H21N3/c1-5-6-13-17-14(15(16)18(13)4)12-8-7-10(2)9-11(12)3/h7-9H,5-6,16H2,1-4H3. The third-order valence-corrected chi connectivity index (χ3v) is 3.34. The number of benzene rings is 1. The topological polar surface area (TPSA) is 43.8 Å². The Kier molecular flexibility index (Phi) is 3.41. The number of hydrogen-bond acceptors (Lipinski definition) is 2. The van der Waals surface area contributed by atoms with Crippen LogP contribution in [0.1, 0.15) is 30.3 Å². The average Bonchev–Trinajstić information content (AvgIpc) is 2.58. The highest BCUT2D eigenvalue weighted by Crippen LogP contribution is 2.29. The van der Waals surface area contributed by atoms with Gasteiger partial charge in [-0.3, -0.25) is 0 Å². The lowest BCUT2D eigenvalue weighted by Gasteiger charge is -2.05. The Hall–Kier alpha value is -1.77. The molecule has 2 aromatic rings. The second-order valence-corrected chi connectivity index (χ2v) is 4.89. The van der Waals surface area contributed by atoms with Gasteiger partial charge >= 0.3 is 0 Å². The number of hydrogen-bond donors (Lipinski definition) is 1. The van der Waals surface area contributed by atoms with Crippen LogP contribution >= 0.6 is 0 Å². The molecule has 3 nitrogen and oxygen atoms in total. The van der Waals surface area contributed by atoms with Gasteiger partial charge in [0.1, 0.15) is 17.3 Å². The highest BCUT2D eigenvalue weighted by atomic mass is 15.1. The number of imidazole rings is 1. The summed E-state index contributed by atoms with van der Waals surface area (Å²) >= 11 is 0. The molecule has 0 radical (unpaired) electrons. The largest absolute Gasteiger partial charge is 0.383 e. The maximum Gasteiger partial charge on any atom is 0.131 e. The minimum atomic E-state index is 0.755. The molecule has 1 heterocycles. The normalized spacial score (nSPS) is 10.9. The zero-order valence-corrected chi connectivity index (χ0v) is 11.6. The van der Waals surface area contributed by atoms with Crippen LogP contribution in [-0.4, -0.2) is 9.55 Å². The van der Waals surface area contributed by atoms with Crippen molar-refractivity contribution in [3.63, 3.8) is 0 Å². The third kappa shape index (κ3) is 2.13. The highest BCUT2D eigenvalue weighted by Gasteiger charge is 2.14. The molecule has 0 aliphatic carbocycles. The van der Waals surface area contributed by atoms with Gasteiger partial charge < -0.3 is 10.3 Å². The van der Waals surface area contributed by atoms with Crippen molar-refractivity contribution in [2.45, 2.75) is 33.6 Å². The molecule has 0 saturated carbocycles. The van der Waals surface area contributed by atoms with E-state index in [2.05, 4.69) is 39.0 Å². The zero-order chi connectivity index (χ0) is 13.3. The van der Waals surface area contributed by atoms with E-state index >= 15 is 0 Å². The first-order valence-electron chi connectivity index (χ1n) is 6.43. The number of anilines is 1. The fourth-order valence-electron chi connectivity index (χ4n) is 2.28. The van der Waals surface area contributed by atoms with E-state index in [1.165, 1.54) is 11.1 Å². The minimum absolute atomic E-state index is 0.755. The summed E-state index contributed by atoms with van der Waals surface area (Å²) in [5, 5.41) is 0. The monoisotopic (exact) mass is 243 g/mol. The molecular weight excluding hydrogens is 222 g/mol. The quantitative estimate of drug-likeness (QED) is 0.899. The van der Waals surface area contributed by atoms with Crippen LogP contribution < -0.4 is 5.73 Å². The Balaban J connectivity index is 2.53. The Morgan fingerprint density at radius 1 is 1.28 bits per heavy atom. The molecule has 0 atom stereocenters. The fourth-order valence-corrected chi connectivity index (χ4v) is 2.28. The Morgan fingerprint density at radius 2 is 2.00 bits per heavy atom. The van der Waals surface area contributed by atoms with Crippen LogP contribution in [0.25, 0.3) is 11.3 Å². The maximum absolute atomic E-state index is 6.17. The molecule has 0 fully saturated rings. The van der Waals surface area contributed by atoms with Crippen molar-refractivity contribution in [1.29, 1.82) is 0 Å². The van der Waals surface area contributed by atoms with Crippen molar-refractivity contribution >= 4 is 5.82 Å². The van der Waals surface area contributed by atoms with Crippen molar-refractivity contribution in [2.24, 2.45) is 7.05 Å². The molecule has 96 valence electrons. The lowest BCUT2D eigenvalue weighted by atomic mass is 10.0. The molecule has 0 spiro atoms. The van der Waals surface area contributed by atoms with Gasteiger partial charge in [0.15, 0.2) is 0 Å². The van der Waals surface area contributed by atoms with Crippen LogP contribution in [-0.2, 0) is 13.5 Å². The SMILES string of the molecule is CCCc1nc(-c2ccc(C)cc2C)c(N)n1C. The van der Waals surface area contributed by atoms with Crippen LogP contribution in [0, 0.1) is 13.8 Å². The van der Waals surface area contributed by atoms with Crippen molar-refractivity contribution in [2.75, 3.05) is 5.73 Å². The number of nitrogens with zero attached hydrogens (tertiary/aromatic N) is 2. The number of nitrogens with two attached hydrogens (primary N) is 1. The summed E-state index contributed by atoms with van der Waals surface area (Å²) in [5.41, 5.74) is 10.7. The van der Waals surface area contributed by atoms with Crippen LogP contribution in [0.5, 0.6) is 0 Å². The van der Waals surface area contributed by atoms with Crippen molar-refractivity contribution in [3.05, 3.63) is 35.2 Å². The average molecular weight is 243 g/mol. The second-order valence-electron chi connectivity index (χ2n) is 4.89. The van der Waals surface area contributed by atoms with Gasteiger partial charge in [0, 0.05) is 19.0 Å². The van der Waals surface area contributed by atoms with Gasteiger partial charge in [0.2, 0.25) is 0 Å². The summed E-state index contributed by atoms with van der Waals surface area (Å²) in [7, 11) is 1.99. The van der Waals surface area contributed by atoms with Gasteiger partial charge in [-0.05, 0) is 25.8 Å². The minimum Gasteiger partial charge on any atom is -0.383 e. The molecule has 0 unspecified atom stereocenters. The summed E-state index contributed by atoms with van der Waals surface area (Å²) < 4.78 is 2.00. The number of aryl methyl sites for hydroxylation is 3. The third-order valence-electron chi connectivity index (χ3n) is 3.34.